The summed E-state index contributed by atoms with van der Waals surface area (Å²) >= 11 is 0. The molecule has 0 aromatic carbocycles. The number of anilines is 1. The van der Waals surface area contributed by atoms with Gasteiger partial charge in [0.2, 0.25) is 0 Å². The van der Waals surface area contributed by atoms with Gasteiger partial charge in [-0.3, -0.25) is 0 Å². The number of hydrogen-bond acceptors (Lipinski definition) is 4. The molecule has 120 valence electrons. The third kappa shape index (κ3) is 2.86. The quantitative estimate of drug-likeness (QED) is 0.526. The summed E-state index contributed by atoms with van der Waals surface area (Å²) in [5.74, 6) is 0.849. The normalized spacial score (nSPS) is 12.4. The number of pyridine rings is 2. The number of rotatable bonds is 5. The van der Waals surface area contributed by atoms with Crippen molar-refractivity contribution < 1.29 is 0 Å². The minimum Gasteiger partial charge on any atom is -0.362 e. The van der Waals surface area contributed by atoms with E-state index in [0.717, 1.165) is 29.0 Å². The summed E-state index contributed by atoms with van der Waals surface area (Å²) in [4.78, 5) is 19.2. The third-order valence-electron chi connectivity index (χ3n) is 4.11. The van der Waals surface area contributed by atoms with Crippen LogP contribution in [-0.4, -0.2) is 24.9 Å². The highest BCUT2D eigenvalue weighted by Crippen LogP contribution is 2.20. The first-order chi connectivity index (χ1) is 11.8. The van der Waals surface area contributed by atoms with Crippen LogP contribution in [0, 0.1) is 0 Å². The lowest BCUT2D eigenvalue weighted by Crippen LogP contribution is -2.08. The van der Waals surface area contributed by atoms with Gasteiger partial charge in [-0.15, -0.1) is 0 Å². The Morgan fingerprint density at radius 2 is 2.08 bits per heavy atom. The van der Waals surface area contributed by atoms with Crippen LogP contribution in [0.15, 0.2) is 55.4 Å². The highest BCUT2D eigenvalue weighted by atomic mass is 15.0. The van der Waals surface area contributed by atoms with Crippen molar-refractivity contribution in [2.45, 2.75) is 19.4 Å². The molecule has 0 fully saturated rings. The minimum absolute atomic E-state index is 0.130. The Bertz CT molecular complexity index is 924. The molecule has 6 heteroatoms. The molecule has 0 aliphatic heterocycles. The Kier molecular flexibility index (Phi) is 3.70. The molecule has 0 saturated heterocycles. The molecule has 3 N–H and O–H groups in total. The van der Waals surface area contributed by atoms with Crippen LogP contribution < -0.4 is 5.32 Å². The number of aromatic nitrogens is 5. The Labute approximate surface area is 139 Å². The summed E-state index contributed by atoms with van der Waals surface area (Å²) in [6, 6.07) is 8.29. The SMILES string of the molecule is CC(Nc1ccc(Cc2c[nH]c3ncccc23)cn1)c1cnc[nH]1. The summed E-state index contributed by atoms with van der Waals surface area (Å²) < 4.78 is 0. The van der Waals surface area contributed by atoms with Crippen LogP contribution in [-0.2, 0) is 6.42 Å². The van der Waals surface area contributed by atoms with Gasteiger partial charge in [0.1, 0.15) is 11.5 Å². The van der Waals surface area contributed by atoms with Crippen molar-refractivity contribution in [1.29, 1.82) is 0 Å². The molecule has 1 atom stereocenters. The van der Waals surface area contributed by atoms with E-state index in [1.807, 2.05) is 30.7 Å². The molecular weight excluding hydrogens is 300 g/mol. The second kappa shape index (κ2) is 6.16. The topological polar surface area (TPSA) is 82.3 Å². The van der Waals surface area contributed by atoms with E-state index >= 15 is 0 Å². The van der Waals surface area contributed by atoms with Crippen molar-refractivity contribution in [3.8, 4) is 0 Å². The summed E-state index contributed by atoms with van der Waals surface area (Å²) in [6.07, 6.45) is 10.1. The van der Waals surface area contributed by atoms with Crippen molar-refractivity contribution in [3.63, 3.8) is 0 Å². The first-order valence-electron chi connectivity index (χ1n) is 7.90. The maximum absolute atomic E-state index is 4.52. The van der Waals surface area contributed by atoms with Crippen LogP contribution in [0.2, 0.25) is 0 Å². The van der Waals surface area contributed by atoms with Crippen molar-refractivity contribution in [3.05, 3.63) is 72.2 Å². The zero-order valence-electron chi connectivity index (χ0n) is 13.3. The van der Waals surface area contributed by atoms with Crippen LogP contribution in [0.3, 0.4) is 0 Å². The fraction of sp³-hybridized carbons (Fsp3) is 0.167. The van der Waals surface area contributed by atoms with Gasteiger partial charge in [0.15, 0.2) is 0 Å². The standard InChI is InChI=1S/C18H18N6/c1-12(16-10-19-11-23-16)24-17-5-4-13(8-21-17)7-14-9-22-18-15(14)3-2-6-20-18/h2-6,8-12H,7H2,1H3,(H,19,23)(H,20,22)(H,21,24). The zero-order chi connectivity index (χ0) is 16.4. The lowest BCUT2D eigenvalue weighted by molar-refractivity contribution is 0.841. The molecule has 4 rings (SSSR count). The maximum atomic E-state index is 4.52. The van der Waals surface area contributed by atoms with Crippen molar-refractivity contribution in [2.75, 3.05) is 5.32 Å². The second-order valence-corrected chi connectivity index (χ2v) is 5.81. The minimum atomic E-state index is 0.130. The fourth-order valence-electron chi connectivity index (χ4n) is 2.80. The Hall–Kier alpha value is -3.15. The summed E-state index contributed by atoms with van der Waals surface area (Å²) in [5, 5.41) is 4.52. The van der Waals surface area contributed by atoms with Crippen LogP contribution in [0.1, 0.15) is 29.8 Å². The van der Waals surface area contributed by atoms with Gasteiger partial charge in [0.05, 0.1) is 18.1 Å². The number of aromatic amines is 2. The molecule has 1 unspecified atom stereocenters. The summed E-state index contributed by atoms with van der Waals surface area (Å²) in [7, 11) is 0. The molecule has 0 radical (unpaired) electrons. The van der Waals surface area contributed by atoms with Gasteiger partial charge in [0, 0.05) is 36.6 Å². The molecule has 4 aromatic rings. The molecule has 24 heavy (non-hydrogen) atoms. The van der Waals surface area contributed by atoms with Crippen LogP contribution in [0.4, 0.5) is 5.82 Å². The van der Waals surface area contributed by atoms with Crippen LogP contribution in [0.5, 0.6) is 0 Å². The monoisotopic (exact) mass is 318 g/mol. The molecule has 0 saturated carbocycles. The average molecular weight is 318 g/mol. The first kappa shape index (κ1) is 14.4. The summed E-state index contributed by atoms with van der Waals surface area (Å²) in [5.41, 5.74) is 4.35. The molecule has 0 amide bonds. The van der Waals surface area contributed by atoms with E-state index in [4.69, 9.17) is 0 Å². The van der Waals surface area contributed by atoms with E-state index in [9.17, 15) is 0 Å². The van der Waals surface area contributed by atoms with E-state index in [1.165, 1.54) is 11.1 Å². The molecule has 4 aromatic heterocycles. The van der Waals surface area contributed by atoms with Gasteiger partial charge < -0.3 is 15.3 Å². The van der Waals surface area contributed by atoms with E-state index in [-0.39, 0.29) is 6.04 Å². The number of fused-ring (bicyclic) bond motifs is 1. The largest absolute Gasteiger partial charge is 0.362 e. The van der Waals surface area contributed by atoms with Gasteiger partial charge in [-0.2, -0.15) is 0 Å². The number of nitrogens with zero attached hydrogens (tertiary/aromatic N) is 3. The number of hydrogen-bond donors (Lipinski definition) is 3. The van der Waals surface area contributed by atoms with E-state index in [0.29, 0.717) is 0 Å². The van der Waals surface area contributed by atoms with Crippen molar-refractivity contribution >= 4 is 16.9 Å². The van der Waals surface area contributed by atoms with Crippen LogP contribution in [0.25, 0.3) is 11.0 Å². The van der Waals surface area contributed by atoms with E-state index in [2.05, 4.69) is 49.3 Å². The van der Waals surface area contributed by atoms with E-state index in [1.54, 1.807) is 12.5 Å². The number of imidazole rings is 1. The fourth-order valence-corrected chi connectivity index (χ4v) is 2.80. The molecule has 6 nitrogen and oxygen atoms in total. The molecular formula is C18H18N6. The highest BCUT2D eigenvalue weighted by molar-refractivity contribution is 5.79. The van der Waals surface area contributed by atoms with E-state index < -0.39 is 0 Å². The zero-order valence-corrected chi connectivity index (χ0v) is 13.3. The second-order valence-electron chi connectivity index (χ2n) is 5.81. The Balaban J connectivity index is 1.48. The molecule has 0 spiro atoms. The molecule has 4 heterocycles. The van der Waals surface area contributed by atoms with Gasteiger partial charge >= 0.3 is 0 Å². The summed E-state index contributed by atoms with van der Waals surface area (Å²) in [6.45, 7) is 2.07. The smallest absolute Gasteiger partial charge is 0.137 e. The predicted octanol–water partition coefficient (Wildman–Crippen LogP) is 3.44. The van der Waals surface area contributed by atoms with Gasteiger partial charge in [-0.25, -0.2) is 15.0 Å². The number of H-pyrrole nitrogens is 2. The lowest BCUT2D eigenvalue weighted by Gasteiger charge is -2.12. The van der Waals surface area contributed by atoms with Gasteiger partial charge in [0.25, 0.3) is 0 Å². The van der Waals surface area contributed by atoms with Gasteiger partial charge in [-0.05, 0) is 36.2 Å². The molecule has 0 bridgehead atoms. The molecule has 0 aliphatic carbocycles. The Morgan fingerprint density at radius 1 is 1.12 bits per heavy atom. The van der Waals surface area contributed by atoms with Crippen molar-refractivity contribution in [2.24, 2.45) is 0 Å². The first-order valence-corrected chi connectivity index (χ1v) is 7.90. The van der Waals surface area contributed by atoms with Crippen molar-refractivity contribution in [1.82, 2.24) is 24.9 Å². The highest BCUT2D eigenvalue weighted by Gasteiger charge is 2.08. The predicted molar refractivity (Wildman–Crippen MR) is 93.8 cm³/mol. The maximum Gasteiger partial charge on any atom is 0.137 e. The van der Waals surface area contributed by atoms with Crippen LogP contribution >= 0.6 is 0 Å². The number of nitrogens with one attached hydrogen (secondary N) is 3. The molecule has 0 aliphatic rings. The third-order valence-corrected chi connectivity index (χ3v) is 4.11. The Morgan fingerprint density at radius 3 is 2.88 bits per heavy atom. The lowest BCUT2D eigenvalue weighted by atomic mass is 10.1. The van der Waals surface area contributed by atoms with Gasteiger partial charge in [-0.1, -0.05) is 6.07 Å². The average Bonchev–Trinajstić information content (AvgIpc) is 3.27.